The van der Waals surface area contributed by atoms with Crippen molar-refractivity contribution in [2.45, 2.75) is 12.8 Å². The maximum atomic E-state index is 10.4. The van der Waals surface area contributed by atoms with Crippen LogP contribution in [0.25, 0.3) is 0 Å². The molecule has 1 aromatic rings. The monoisotopic (exact) mass is 212 g/mol. The van der Waals surface area contributed by atoms with Crippen molar-refractivity contribution in [3.8, 4) is 5.75 Å². The molecule has 1 aliphatic rings. The highest BCUT2D eigenvalue weighted by molar-refractivity contribution is 6.32. The van der Waals surface area contributed by atoms with E-state index in [1.54, 1.807) is 18.2 Å². The average Bonchev–Trinajstić information content (AvgIpc) is 3.00. The predicted octanol–water partition coefficient (Wildman–Crippen LogP) is 3.04. The number of halogens is 1. The molecule has 1 aliphatic carbocycles. The normalized spacial score (nSPS) is 15.3. The summed E-state index contributed by atoms with van der Waals surface area (Å²) in [5.41, 5.74) is 2.28. The first-order valence-electron chi connectivity index (χ1n) is 4.60. The van der Waals surface area contributed by atoms with Crippen molar-refractivity contribution in [2.75, 3.05) is 12.1 Å². The van der Waals surface area contributed by atoms with Gasteiger partial charge < -0.3 is 15.4 Å². The largest absolute Gasteiger partial charge is 0.761 e. The second kappa shape index (κ2) is 4.07. The van der Waals surface area contributed by atoms with Crippen LogP contribution in [0.5, 0.6) is 5.75 Å². The molecule has 0 aliphatic heterocycles. The van der Waals surface area contributed by atoms with Crippen LogP contribution in [0.2, 0.25) is 5.02 Å². The van der Waals surface area contributed by atoms with Gasteiger partial charge in [0.2, 0.25) is 0 Å². The molecule has 76 valence electrons. The van der Waals surface area contributed by atoms with E-state index in [1.807, 2.05) is 5.48 Å². The van der Waals surface area contributed by atoms with Gasteiger partial charge in [-0.1, -0.05) is 11.6 Å². The van der Waals surface area contributed by atoms with Crippen molar-refractivity contribution in [2.24, 2.45) is 5.92 Å². The van der Waals surface area contributed by atoms with E-state index in [0.717, 1.165) is 0 Å². The van der Waals surface area contributed by atoms with Crippen LogP contribution in [0.4, 0.5) is 5.69 Å². The van der Waals surface area contributed by atoms with E-state index < -0.39 is 0 Å². The zero-order valence-corrected chi connectivity index (χ0v) is 8.38. The molecular weight excluding hydrogens is 202 g/mol. The van der Waals surface area contributed by atoms with E-state index in [4.69, 9.17) is 16.3 Å². The molecule has 0 spiro atoms. The third-order valence-corrected chi connectivity index (χ3v) is 2.53. The summed E-state index contributed by atoms with van der Waals surface area (Å²) in [7, 11) is 0. The fourth-order valence-corrected chi connectivity index (χ4v) is 1.34. The Labute approximate surface area is 87.6 Å². The quantitative estimate of drug-likeness (QED) is 0.781. The Morgan fingerprint density at radius 2 is 2.29 bits per heavy atom. The molecule has 1 fully saturated rings. The van der Waals surface area contributed by atoms with Gasteiger partial charge in [-0.25, -0.2) is 0 Å². The summed E-state index contributed by atoms with van der Waals surface area (Å²) >= 11 is 5.90. The standard InChI is InChI=1S/C10H11ClNO2/c11-9-4-3-8(12-13)5-10(9)14-6-7-1-2-7/h3-5,7,12H,1-2,6H2/q-1. The summed E-state index contributed by atoms with van der Waals surface area (Å²) < 4.78 is 5.49. The number of anilines is 1. The summed E-state index contributed by atoms with van der Waals surface area (Å²) in [6.07, 6.45) is 2.47. The van der Waals surface area contributed by atoms with Gasteiger partial charge >= 0.3 is 0 Å². The summed E-state index contributed by atoms with van der Waals surface area (Å²) in [6.45, 7) is 0.696. The second-order valence-corrected chi connectivity index (χ2v) is 3.91. The van der Waals surface area contributed by atoms with Gasteiger partial charge in [0.25, 0.3) is 0 Å². The fraction of sp³-hybridized carbons (Fsp3) is 0.400. The van der Waals surface area contributed by atoms with Crippen LogP contribution in [0, 0.1) is 11.1 Å². The lowest BCUT2D eigenvalue weighted by molar-refractivity contribution is 0.300. The van der Waals surface area contributed by atoms with E-state index in [2.05, 4.69) is 0 Å². The van der Waals surface area contributed by atoms with Crippen molar-refractivity contribution >= 4 is 17.3 Å². The number of hydrogen-bond acceptors (Lipinski definition) is 3. The minimum Gasteiger partial charge on any atom is -0.761 e. The third-order valence-electron chi connectivity index (χ3n) is 2.22. The first-order chi connectivity index (χ1) is 6.79. The number of benzene rings is 1. The minimum atomic E-state index is 0.472. The molecule has 0 aromatic heterocycles. The van der Waals surface area contributed by atoms with E-state index in [1.165, 1.54) is 12.8 Å². The number of nitrogens with one attached hydrogen (secondary N) is 1. The molecule has 0 amide bonds. The minimum absolute atomic E-state index is 0.472. The van der Waals surface area contributed by atoms with Crippen LogP contribution in [-0.4, -0.2) is 6.61 Å². The molecule has 2 rings (SSSR count). The highest BCUT2D eigenvalue weighted by atomic mass is 35.5. The van der Waals surface area contributed by atoms with Gasteiger partial charge in [0.15, 0.2) is 0 Å². The highest BCUT2D eigenvalue weighted by Gasteiger charge is 2.22. The zero-order valence-electron chi connectivity index (χ0n) is 7.63. The Kier molecular flexibility index (Phi) is 2.79. The Hall–Kier alpha value is -0.930. The lowest BCUT2D eigenvalue weighted by Gasteiger charge is -2.12. The molecule has 1 N–H and O–H groups in total. The van der Waals surface area contributed by atoms with Crippen molar-refractivity contribution in [3.05, 3.63) is 28.4 Å². The highest BCUT2D eigenvalue weighted by Crippen LogP contribution is 2.32. The first-order valence-corrected chi connectivity index (χ1v) is 4.98. The Morgan fingerprint density at radius 1 is 1.50 bits per heavy atom. The van der Waals surface area contributed by atoms with Crippen LogP contribution < -0.4 is 10.2 Å². The van der Waals surface area contributed by atoms with E-state index in [0.29, 0.717) is 29.0 Å². The number of ether oxygens (including phenoxy) is 1. The van der Waals surface area contributed by atoms with Crippen LogP contribution in [0.3, 0.4) is 0 Å². The van der Waals surface area contributed by atoms with Gasteiger partial charge in [0.1, 0.15) is 5.75 Å². The van der Waals surface area contributed by atoms with E-state index in [9.17, 15) is 5.21 Å². The van der Waals surface area contributed by atoms with Gasteiger partial charge in [-0.05, 0) is 30.9 Å². The topological polar surface area (TPSA) is 44.3 Å². The van der Waals surface area contributed by atoms with Crippen LogP contribution in [-0.2, 0) is 0 Å². The Balaban J connectivity index is 2.04. The van der Waals surface area contributed by atoms with Crippen molar-refractivity contribution < 1.29 is 4.74 Å². The van der Waals surface area contributed by atoms with Gasteiger partial charge in [-0.3, -0.25) is 0 Å². The molecule has 14 heavy (non-hydrogen) atoms. The predicted molar refractivity (Wildman–Crippen MR) is 56.7 cm³/mol. The molecular formula is C10H11ClNO2-. The molecule has 3 nitrogen and oxygen atoms in total. The molecule has 0 saturated heterocycles. The fourth-order valence-electron chi connectivity index (χ4n) is 1.17. The van der Waals surface area contributed by atoms with E-state index >= 15 is 0 Å². The van der Waals surface area contributed by atoms with Crippen LogP contribution >= 0.6 is 11.6 Å². The average molecular weight is 213 g/mol. The maximum Gasteiger partial charge on any atom is 0.139 e. The van der Waals surface area contributed by atoms with Gasteiger partial charge in [0.05, 0.1) is 11.6 Å². The molecule has 0 unspecified atom stereocenters. The van der Waals surface area contributed by atoms with Crippen LogP contribution in [0.15, 0.2) is 18.2 Å². The smallest absolute Gasteiger partial charge is 0.139 e. The molecule has 0 bridgehead atoms. The van der Waals surface area contributed by atoms with Crippen molar-refractivity contribution in [1.82, 2.24) is 0 Å². The summed E-state index contributed by atoms with van der Waals surface area (Å²) in [5, 5.41) is 10.9. The molecule has 4 heteroatoms. The van der Waals surface area contributed by atoms with Crippen molar-refractivity contribution in [1.29, 1.82) is 0 Å². The Bertz CT molecular complexity index is 326. The first kappa shape index (κ1) is 9.62. The molecule has 0 heterocycles. The molecule has 1 aromatic carbocycles. The maximum absolute atomic E-state index is 10.4. The lowest BCUT2D eigenvalue weighted by atomic mass is 10.3. The molecule has 1 saturated carbocycles. The van der Waals surface area contributed by atoms with Gasteiger partial charge in [0, 0.05) is 11.8 Å². The summed E-state index contributed by atoms with van der Waals surface area (Å²) in [5.74, 6) is 1.26. The zero-order chi connectivity index (χ0) is 9.97. The van der Waals surface area contributed by atoms with Gasteiger partial charge in [-0.2, -0.15) is 0 Å². The number of hydrogen-bond donors (Lipinski definition) is 1. The summed E-state index contributed by atoms with van der Waals surface area (Å²) in [4.78, 5) is 0. The van der Waals surface area contributed by atoms with Crippen LogP contribution in [0.1, 0.15) is 12.8 Å². The molecule has 0 atom stereocenters. The Morgan fingerprint density at radius 3 is 2.93 bits per heavy atom. The van der Waals surface area contributed by atoms with E-state index in [-0.39, 0.29) is 0 Å². The number of rotatable bonds is 4. The van der Waals surface area contributed by atoms with Crippen molar-refractivity contribution in [3.63, 3.8) is 0 Å². The lowest BCUT2D eigenvalue weighted by Crippen LogP contribution is -1.99. The van der Waals surface area contributed by atoms with Gasteiger partial charge in [-0.15, -0.1) is 0 Å². The SMILES string of the molecule is [O-]Nc1ccc(Cl)c(OCC2CC2)c1. The third kappa shape index (κ3) is 2.30. The summed E-state index contributed by atoms with van der Waals surface area (Å²) in [6, 6.07) is 4.90. The molecule has 0 radical (unpaired) electrons. The second-order valence-electron chi connectivity index (χ2n) is 3.50.